The van der Waals surface area contributed by atoms with Crippen molar-refractivity contribution < 1.29 is 4.74 Å². The standard InChI is InChI=1S/C22H26.C5H6O/c1-21(2)12-11-16-15(13-21)9-10-17-18-7-5-6-8-20(18)22(3,4)14-19(16)17;1-2-4-6-5-3-1/h5-10,14,16H,11-13H2,1-4H3;1-4H,5H2. The molecule has 1 aliphatic heterocycles. The van der Waals surface area contributed by atoms with E-state index in [0.29, 0.717) is 11.3 Å². The third-order valence-corrected chi connectivity index (χ3v) is 6.43. The third-order valence-electron chi connectivity index (χ3n) is 6.43. The van der Waals surface area contributed by atoms with E-state index in [-0.39, 0.29) is 5.41 Å². The SMILES string of the molecule is C1=CCOC=C1.CC1(C)CCC2C(=CC=C3C2=CC(C)(C)c2ccccc23)C1. The van der Waals surface area contributed by atoms with E-state index >= 15 is 0 Å². The molecule has 1 unspecified atom stereocenters. The molecule has 1 aromatic carbocycles. The van der Waals surface area contributed by atoms with Gasteiger partial charge < -0.3 is 4.74 Å². The summed E-state index contributed by atoms with van der Waals surface area (Å²) in [5, 5.41) is 0. The van der Waals surface area contributed by atoms with Crippen molar-refractivity contribution in [3.05, 3.63) is 89.3 Å². The lowest BCUT2D eigenvalue weighted by Gasteiger charge is -2.43. The maximum absolute atomic E-state index is 4.80. The Balaban J connectivity index is 0.000000275. The van der Waals surface area contributed by atoms with Crippen molar-refractivity contribution in [2.75, 3.05) is 6.61 Å². The van der Waals surface area contributed by atoms with Crippen LogP contribution in [0.5, 0.6) is 0 Å². The molecule has 0 saturated heterocycles. The van der Waals surface area contributed by atoms with Crippen LogP contribution in [0.25, 0.3) is 5.57 Å². The van der Waals surface area contributed by atoms with Crippen LogP contribution in [0.3, 0.4) is 0 Å². The van der Waals surface area contributed by atoms with Crippen molar-refractivity contribution in [3.63, 3.8) is 0 Å². The lowest BCUT2D eigenvalue weighted by atomic mass is 9.61. The fraction of sp³-hybridized carbons (Fsp3) is 0.407. The summed E-state index contributed by atoms with van der Waals surface area (Å²) >= 11 is 0. The maximum Gasteiger partial charge on any atom is 0.106 e. The van der Waals surface area contributed by atoms with Gasteiger partial charge in [-0.05, 0) is 59.1 Å². The summed E-state index contributed by atoms with van der Waals surface area (Å²) in [7, 11) is 0. The normalized spacial score (nSPS) is 25.4. The summed E-state index contributed by atoms with van der Waals surface area (Å²) in [6.45, 7) is 10.3. The molecular formula is C27H32O. The molecule has 1 aromatic rings. The summed E-state index contributed by atoms with van der Waals surface area (Å²) in [5.41, 5.74) is 8.25. The first-order valence-electron chi connectivity index (χ1n) is 10.5. The highest BCUT2D eigenvalue weighted by molar-refractivity contribution is 5.87. The highest BCUT2D eigenvalue weighted by atomic mass is 16.5. The molecule has 0 amide bonds. The first kappa shape index (κ1) is 19.1. The molecule has 0 spiro atoms. The molecule has 1 nitrogen and oxygen atoms in total. The Morgan fingerprint density at radius 1 is 1.00 bits per heavy atom. The van der Waals surface area contributed by atoms with Gasteiger partial charge in [-0.25, -0.2) is 0 Å². The zero-order valence-corrected chi connectivity index (χ0v) is 17.7. The average molecular weight is 373 g/mol. The van der Waals surface area contributed by atoms with Crippen LogP contribution in [0.1, 0.15) is 58.1 Å². The van der Waals surface area contributed by atoms with E-state index in [1.165, 1.54) is 36.0 Å². The molecule has 1 heterocycles. The molecule has 0 aromatic heterocycles. The summed E-state index contributed by atoms with van der Waals surface area (Å²) in [4.78, 5) is 0. The first-order valence-corrected chi connectivity index (χ1v) is 10.5. The Morgan fingerprint density at radius 2 is 1.82 bits per heavy atom. The van der Waals surface area contributed by atoms with Gasteiger partial charge in [-0.1, -0.05) is 81.8 Å². The maximum atomic E-state index is 4.80. The second-order valence-electron chi connectivity index (χ2n) is 9.71. The molecule has 1 atom stereocenters. The second-order valence-corrected chi connectivity index (χ2v) is 9.71. The van der Waals surface area contributed by atoms with Gasteiger partial charge >= 0.3 is 0 Å². The predicted molar refractivity (Wildman–Crippen MR) is 119 cm³/mol. The smallest absolute Gasteiger partial charge is 0.106 e. The highest BCUT2D eigenvalue weighted by Crippen LogP contribution is 2.52. The monoisotopic (exact) mass is 372 g/mol. The largest absolute Gasteiger partial charge is 0.497 e. The summed E-state index contributed by atoms with van der Waals surface area (Å²) in [6.07, 6.45) is 18.7. The van der Waals surface area contributed by atoms with E-state index in [2.05, 4.69) is 70.2 Å². The van der Waals surface area contributed by atoms with E-state index in [1.54, 1.807) is 17.4 Å². The van der Waals surface area contributed by atoms with Crippen molar-refractivity contribution >= 4 is 5.57 Å². The van der Waals surface area contributed by atoms with E-state index in [9.17, 15) is 0 Å². The number of hydrogen-bond acceptors (Lipinski definition) is 1. The van der Waals surface area contributed by atoms with Crippen molar-refractivity contribution in [3.8, 4) is 0 Å². The average Bonchev–Trinajstić information content (AvgIpc) is 2.68. The fourth-order valence-corrected chi connectivity index (χ4v) is 5.01. The van der Waals surface area contributed by atoms with Gasteiger partial charge in [0.25, 0.3) is 0 Å². The van der Waals surface area contributed by atoms with Crippen LogP contribution < -0.4 is 0 Å². The van der Waals surface area contributed by atoms with Gasteiger partial charge in [-0.15, -0.1) is 0 Å². The topological polar surface area (TPSA) is 9.23 Å². The van der Waals surface area contributed by atoms with Crippen LogP contribution in [-0.2, 0) is 10.2 Å². The van der Waals surface area contributed by atoms with Crippen LogP contribution in [0.2, 0.25) is 0 Å². The molecule has 0 radical (unpaired) electrons. The van der Waals surface area contributed by atoms with Gasteiger partial charge in [-0.3, -0.25) is 0 Å². The Kier molecular flexibility index (Phi) is 4.95. The molecule has 1 fully saturated rings. The summed E-state index contributed by atoms with van der Waals surface area (Å²) in [5.74, 6) is 0.653. The predicted octanol–water partition coefficient (Wildman–Crippen LogP) is 7.14. The minimum absolute atomic E-state index is 0.138. The van der Waals surface area contributed by atoms with Gasteiger partial charge in [0, 0.05) is 11.3 Å². The van der Waals surface area contributed by atoms with Gasteiger partial charge in [-0.2, -0.15) is 0 Å². The molecule has 146 valence electrons. The van der Waals surface area contributed by atoms with E-state index < -0.39 is 0 Å². The van der Waals surface area contributed by atoms with E-state index in [1.807, 2.05) is 18.2 Å². The highest BCUT2D eigenvalue weighted by Gasteiger charge is 2.38. The number of hydrogen-bond donors (Lipinski definition) is 0. The minimum Gasteiger partial charge on any atom is -0.497 e. The van der Waals surface area contributed by atoms with Crippen molar-refractivity contribution in [2.24, 2.45) is 11.3 Å². The van der Waals surface area contributed by atoms with Gasteiger partial charge in [0.05, 0.1) is 6.26 Å². The number of benzene rings is 1. The molecule has 5 rings (SSSR count). The quantitative estimate of drug-likeness (QED) is 0.470. The number of fused-ring (bicyclic) bond motifs is 5. The lowest BCUT2D eigenvalue weighted by Crippen LogP contribution is -2.30. The molecule has 28 heavy (non-hydrogen) atoms. The van der Waals surface area contributed by atoms with Crippen LogP contribution in [0.4, 0.5) is 0 Å². The number of ether oxygens (including phenoxy) is 1. The third kappa shape index (κ3) is 3.68. The zero-order valence-electron chi connectivity index (χ0n) is 17.7. The van der Waals surface area contributed by atoms with Crippen LogP contribution >= 0.6 is 0 Å². The Bertz CT molecular complexity index is 890. The zero-order chi connectivity index (χ0) is 19.8. The van der Waals surface area contributed by atoms with E-state index in [4.69, 9.17) is 4.74 Å². The van der Waals surface area contributed by atoms with Crippen LogP contribution in [0, 0.1) is 11.3 Å². The Hall–Kier alpha value is -2.28. The lowest BCUT2D eigenvalue weighted by molar-refractivity contribution is 0.262. The first-order chi connectivity index (χ1) is 13.4. The summed E-state index contributed by atoms with van der Waals surface area (Å²) < 4.78 is 4.80. The molecule has 1 saturated carbocycles. The number of allylic oxidation sites excluding steroid dienone is 8. The molecular weight excluding hydrogens is 340 g/mol. The fourth-order valence-electron chi connectivity index (χ4n) is 5.01. The van der Waals surface area contributed by atoms with Gasteiger partial charge in [0.2, 0.25) is 0 Å². The molecule has 4 aliphatic rings. The van der Waals surface area contributed by atoms with E-state index in [0.717, 1.165) is 6.61 Å². The Morgan fingerprint density at radius 3 is 2.50 bits per heavy atom. The second kappa shape index (κ2) is 7.28. The van der Waals surface area contributed by atoms with Crippen molar-refractivity contribution in [1.29, 1.82) is 0 Å². The van der Waals surface area contributed by atoms with Crippen LogP contribution in [0.15, 0.2) is 78.1 Å². The van der Waals surface area contributed by atoms with Crippen LogP contribution in [-0.4, -0.2) is 6.61 Å². The molecule has 3 aliphatic carbocycles. The summed E-state index contributed by atoms with van der Waals surface area (Å²) in [6, 6.07) is 8.96. The number of rotatable bonds is 0. The Labute approximate surface area is 170 Å². The molecule has 1 heteroatoms. The molecule has 0 bridgehead atoms. The van der Waals surface area contributed by atoms with Gasteiger partial charge in [0.15, 0.2) is 0 Å². The molecule has 0 N–H and O–H groups in total. The van der Waals surface area contributed by atoms with Crippen molar-refractivity contribution in [1.82, 2.24) is 0 Å². The van der Waals surface area contributed by atoms with Gasteiger partial charge in [0.1, 0.15) is 6.61 Å². The van der Waals surface area contributed by atoms with Crippen molar-refractivity contribution in [2.45, 2.75) is 52.4 Å². The minimum atomic E-state index is 0.138.